The van der Waals surface area contributed by atoms with E-state index in [2.05, 4.69) is 25.5 Å². The Labute approximate surface area is 160 Å². The van der Waals surface area contributed by atoms with E-state index >= 15 is 0 Å². The van der Waals surface area contributed by atoms with Gasteiger partial charge in [0.15, 0.2) is 23.3 Å². The van der Waals surface area contributed by atoms with Crippen LogP contribution in [0.4, 0.5) is 20.3 Å². The van der Waals surface area contributed by atoms with E-state index in [4.69, 9.17) is 0 Å². The third kappa shape index (κ3) is 3.83. The highest BCUT2D eigenvalue weighted by Gasteiger charge is 2.26. The standard InChI is InChI=1S/C19H18F2N6O/c20-15-3-2-14(12-16(15)21)23-19(28)13-6-10-26(11-7-13)17-4-5-18(25-24-17)27-9-1-8-22-27/h1-5,8-9,12-13H,6-7,10-11H2,(H,23,28). The highest BCUT2D eigenvalue weighted by atomic mass is 19.2. The minimum Gasteiger partial charge on any atom is -0.355 e. The van der Waals surface area contributed by atoms with E-state index in [1.54, 1.807) is 17.1 Å². The van der Waals surface area contributed by atoms with Crippen LogP contribution in [0.1, 0.15) is 12.8 Å². The molecule has 0 atom stereocenters. The summed E-state index contributed by atoms with van der Waals surface area (Å²) in [5.74, 6) is -0.924. The van der Waals surface area contributed by atoms with E-state index in [1.807, 2.05) is 18.2 Å². The zero-order chi connectivity index (χ0) is 19.5. The summed E-state index contributed by atoms with van der Waals surface area (Å²) in [6, 6.07) is 8.87. The van der Waals surface area contributed by atoms with Crippen molar-refractivity contribution in [2.75, 3.05) is 23.3 Å². The first-order chi connectivity index (χ1) is 13.6. The van der Waals surface area contributed by atoms with Crippen LogP contribution in [0.25, 0.3) is 5.82 Å². The van der Waals surface area contributed by atoms with E-state index in [1.165, 1.54) is 6.07 Å². The average Bonchev–Trinajstić information content (AvgIpc) is 3.26. The zero-order valence-corrected chi connectivity index (χ0v) is 14.9. The van der Waals surface area contributed by atoms with Crippen molar-refractivity contribution in [2.24, 2.45) is 5.92 Å². The van der Waals surface area contributed by atoms with Gasteiger partial charge < -0.3 is 10.2 Å². The van der Waals surface area contributed by atoms with Gasteiger partial charge >= 0.3 is 0 Å². The second kappa shape index (κ2) is 7.71. The Kier molecular flexibility index (Phi) is 4.96. The van der Waals surface area contributed by atoms with Gasteiger partial charge in [0.2, 0.25) is 5.91 Å². The Hall–Kier alpha value is -3.36. The Bertz CT molecular complexity index is 953. The van der Waals surface area contributed by atoms with Crippen molar-refractivity contribution in [1.82, 2.24) is 20.0 Å². The number of benzene rings is 1. The normalized spacial score (nSPS) is 14.9. The van der Waals surface area contributed by atoms with E-state index in [9.17, 15) is 13.6 Å². The predicted molar refractivity (Wildman–Crippen MR) is 99.1 cm³/mol. The van der Waals surface area contributed by atoms with Crippen molar-refractivity contribution in [1.29, 1.82) is 0 Å². The maximum absolute atomic E-state index is 13.3. The fraction of sp³-hybridized carbons (Fsp3) is 0.263. The van der Waals surface area contributed by atoms with Gasteiger partial charge in [0, 0.05) is 43.2 Å². The van der Waals surface area contributed by atoms with Gasteiger partial charge in [0.1, 0.15) is 0 Å². The van der Waals surface area contributed by atoms with E-state index < -0.39 is 11.6 Å². The van der Waals surface area contributed by atoms with Crippen LogP contribution in [-0.4, -0.2) is 39.0 Å². The zero-order valence-electron chi connectivity index (χ0n) is 14.9. The van der Waals surface area contributed by atoms with Crippen LogP contribution in [0, 0.1) is 17.6 Å². The maximum Gasteiger partial charge on any atom is 0.227 e. The summed E-state index contributed by atoms with van der Waals surface area (Å²) in [4.78, 5) is 14.5. The van der Waals surface area contributed by atoms with Gasteiger partial charge in [-0.15, -0.1) is 10.2 Å². The molecule has 1 N–H and O–H groups in total. The molecular weight excluding hydrogens is 366 g/mol. The molecule has 0 unspecified atom stereocenters. The molecule has 1 aliphatic rings. The summed E-state index contributed by atoms with van der Waals surface area (Å²) >= 11 is 0. The molecule has 3 heterocycles. The van der Waals surface area contributed by atoms with Gasteiger partial charge in [-0.3, -0.25) is 4.79 Å². The van der Waals surface area contributed by atoms with Crippen molar-refractivity contribution < 1.29 is 13.6 Å². The van der Waals surface area contributed by atoms with Gasteiger partial charge in [0.05, 0.1) is 0 Å². The van der Waals surface area contributed by atoms with Gasteiger partial charge in [-0.1, -0.05) is 0 Å². The molecule has 7 nitrogen and oxygen atoms in total. The van der Waals surface area contributed by atoms with Crippen molar-refractivity contribution in [3.63, 3.8) is 0 Å². The number of anilines is 2. The molecule has 9 heteroatoms. The molecule has 144 valence electrons. The lowest BCUT2D eigenvalue weighted by atomic mass is 9.96. The first-order valence-corrected chi connectivity index (χ1v) is 8.95. The lowest BCUT2D eigenvalue weighted by Crippen LogP contribution is -2.38. The molecule has 0 aliphatic carbocycles. The Morgan fingerprint density at radius 1 is 1.04 bits per heavy atom. The fourth-order valence-electron chi connectivity index (χ4n) is 3.20. The SMILES string of the molecule is O=C(Nc1ccc(F)c(F)c1)C1CCN(c2ccc(-n3cccn3)nn2)CC1. The summed E-state index contributed by atoms with van der Waals surface area (Å²) in [5, 5.41) is 15.2. The molecule has 1 saturated heterocycles. The highest BCUT2D eigenvalue weighted by molar-refractivity contribution is 5.92. The smallest absolute Gasteiger partial charge is 0.227 e. The van der Waals surface area contributed by atoms with Crippen molar-refractivity contribution in [3.8, 4) is 5.82 Å². The highest BCUT2D eigenvalue weighted by Crippen LogP contribution is 2.23. The number of nitrogens with one attached hydrogen (secondary N) is 1. The number of hydrogen-bond donors (Lipinski definition) is 1. The van der Waals surface area contributed by atoms with Crippen LogP contribution in [0.15, 0.2) is 48.8 Å². The van der Waals surface area contributed by atoms with Crippen LogP contribution in [0.3, 0.4) is 0 Å². The first-order valence-electron chi connectivity index (χ1n) is 8.95. The molecule has 1 amide bonds. The minimum absolute atomic E-state index is 0.189. The molecule has 0 bridgehead atoms. The number of aromatic nitrogens is 4. The average molecular weight is 384 g/mol. The molecular formula is C19H18F2N6O. The van der Waals surface area contributed by atoms with Gasteiger partial charge in [-0.05, 0) is 43.2 Å². The van der Waals surface area contributed by atoms with Crippen LogP contribution < -0.4 is 10.2 Å². The lowest BCUT2D eigenvalue weighted by molar-refractivity contribution is -0.120. The number of rotatable bonds is 4. The molecule has 1 aliphatic heterocycles. The third-order valence-electron chi connectivity index (χ3n) is 4.75. The molecule has 3 aromatic rings. The maximum atomic E-state index is 13.3. The Morgan fingerprint density at radius 3 is 2.43 bits per heavy atom. The lowest BCUT2D eigenvalue weighted by Gasteiger charge is -2.31. The van der Waals surface area contributed by atoms with Crippen molar-refractivity contribution in [3.05, 3.63) is 60.4 Å². The fourth-order valence-corrected chi connectivity index (χ4v) is 3.20. The van der Waals surface area contributed by atoms with Crippen LogP contribution in [-0.2, 0) is 4.79 Å². The Morgan fingerprint density at radius 2 is 1.79 bits per heavy atom. The molecule has 1 fully saturated rings. The van der Waals surface area contributed by atoms with Crippen LogP contribution in [0.2, 0.25) is 0 Å². The van der Waals surface area contributed by atoms with Crippen LogP contribution >= 0.6 is 0 Å². The number of nitrogens with zero attached hydrogens (tertiary/aromatic N) is 5. The topological polar surface area (TPSA) is 75.9 Å². The largest absolute Gasteiger partial charge is 0.355 e. The molecule has 4 rings (SSSR count). The number of carbonyl (C=O) groups is 1. The van der Waals surface area contributed by atoms with Gasteiger partial charge in [-0.25, -0.2) is 13.5 Å². The van der Waals surface area contributed by atoms with E-state index in [0.717, 1.165) is 18.0 Å². The van der Waals surface area contributed by atoms with Crippen molar-refractivity contribution >= 4 is 17.4 Å². The number of hydrogen-bond acceptors (Lipinski definition) is 5. The summed E-state index contributed by atoms with van der Waals surface area (Å²) in [6.07, 6.45) is 4.74. The first kappa shape index (κ1) is 18.0. The van der Waals surface area contributed by atoms with E-state index in [-0.39, 0.29) is 17.5 Å². The van der Waals surface area contributed by atoms with Crippen LogP contribution in [0.5, 0.6) is 0 Å². The second-order valence-electron chi connectivity index (χ2n) is 6.58. The minimum atomic E-state index is -0.982. The monoisotopic (exact) mass is 384 g/mol. The number of amides is 1. The van der Waals surface area contributed by atoms with Gasteiger partial charge in [-0.2, -0.15) is 5.10 Å². The molecule has 2 aromatic heterocycles. The molecule has 0 spiro atoms. The van der Waals surface area contributed by atoms with E-state index in [0.29, 0.717) is 31.7 Å². The molecule has 0 radical (unpaired) electrons. The summed E-state index contributed by atoms with van der Waals surface area (Å²) in [5.41, 5.74) is 0.256. The molecule has 0 saturated carbocycles. The Balaban J connectivity index is 1.33. The molecule has 28 heavy (non-hydrogen) atoms. The number of carbonyl (C=O) groups excluding carboxylic acids is 1. The summed E-state index contributed by atoms with van der Waals surface area (Å²) in [6.45, 7) is 1.32. The quantitative estimate of drug-likeness (QED) is 0.749. The number of piperidine rings is 1. The second-order valence-corrected chi connectivity index (χ2v) is 6.58. The van der Waals surface area contributed by atoms with Crippen molar-refractivity contribution in [2.45, 2.75) is 12.8 Å². The molecule has 1 aromatic carbocycles. The van der Waals surface area contributed by atoms with Gasteiger partial charge in [0.25, 0.3) is 0 Å². The third-order valence-corrected chi connectivity index (χ3v) is 4.75. The number of halogens is 2. The summed E-state index contributed by atoms with van der Waals surface area (Å²) < 4.78 is 27.9. The predicted octanol–water partition coefficient (Wildman–Crippen LogP) is 2.80. The summed E-state index contributed by atoms with van der Waals surface area (Å²) in [7, 11) is 0.